The fraction of sp³-hybridized carbons (Fsp3) is 0.450. The minimum atomic E-state index is -4.46. The fourth-order valence-corrected chi connectivity index (χ4v) is 2.86. The Morgan fingerprint density at radius 3 is 2.31 bits per heavy atom. The van der Waals surface area contributed by atoms with Gasteiger partial charge in [0.1, 0.15) is 12.5 Å². The molecule has 0 saturated carbocycles. The number of aromatic amines is 1. The van der Waals surface area contributed by atoms with Crippen molar-refractivity contribution in [2.45, 2.75) is 52.0 Å². The summed E-state index contributed by atoms with van der Waals surface area (Å²) in [6.07, 6.45) is -1.25. The number of alkyl halides is 4. The Kier molecular flexibility index (Phi) is 5.42. The van der Waals surface area contributed by atoms with Gasteiger partial charge < -0.3 is 14.3 Å². The number of hydrogen-bond donors (Lipinski definition) is 1. The average molecular weight is 410 g/mol. The van der Waals surface area contributed by atoms with Crippen LogP contribution in [0.5, 0.6) is 0 Å². The van der Waals surface area contributed by atoms with Gasteiger partial charge in [0, 0.05) is 5.57 Å². The number of allylic oxidation sites excluding steroid dienone is 4. The third-order valence-electron chi connectivity index (χ3n) is 5.43. The first-order valence-corrected chi connectivity index (χ1v) is 9.20. The fourth-order valence-electron chi connectivity index (χ4n) is 2.86. The molecule has 2 aromatic rings. The van der Waals surface area contributed by atoms with Gasteiger partial charge in [0.05, 0.1) is 27.8 Å². The van der Waals surface area contributed by atoms with E-state index in [1.54, 1.807) is 6.08 Å². The maximum Gasteiger partial charge on any atom is 0.490 e. The van der Waals surface area contributed by atoms with Crippen LogP contribution in [0.3, 0.4) is 0 Å². The topological polar surface area (TPSA) is 47.1 Å². The minimum Gasteiger partial charge on any atom is -0.400 e. The zero-order valence-corrected chi connectivity index (χ0v) is 16.9. The molecule has 1 aliphatic heterocycles. The van der Waals surface area contributed by atoms with Crippen LogP contribution in [0.2, 0.25) is 0 Å². The Balaban J connectivity index is 1.87. The van der Waals surface area contributed by atoms with Gasteiger partial charge in [-0.3, -0.25) is 0 Å². The standard InChI is InChI=1S/C20H23BF4N2O2/c1-12(21-28-18(2,3)19(4,5)29-21)6-7-13(11-22)17-26-15-9-8-14(20(23,24)25)10-16(15)27-17/h6-10H,11H2,1-5H3,(H,26,27)/b12-6+,13-7+. The first-order chi connectivity index (χ1) is 13.3. The van der Waals surface area contributed by atoms with E-state index in [9.17, 15) is 17.6 Å². The molecule has 1 saturated heterocycles. The smallest absolute Gasteiger partial charge is 0.400 e. The molecular weight excluding hydrogens is 387 g/mol. The lowest BCUT2D eigenvalue weighted by Crippen LogP contribution is -2.41. The highest BCUT2D eigenvalue weighted by Gasteiger charge is 2.51. The quantitative estimate of drug-likeness (QED) is 0.411. The molecule has 1 aromatic heterocycles. The molecule has 1 fully saturated rings. The summed E-state index contributed by atoms with van der Waals surface area (Å²) in [5, 5.41) is 0. The van der Waals surface area contributed by atoms with Gasteiger partial charge in [0.2, 0.25) is 0 Å². The minimum absolute atomic E-state index is 0.180. The highest BCUT2D eigenvalue weighted by atomic mass is 19.4. The van der Waals surface area contributed by atoms with Crippen molar-refractivity contribution in [3.8, 4) is 0 Å². The number of aromatic nitrogens is 2. The molecule has 29 heavy (non-hydrogen) atoms. The molecule has 2 heterocycles. The molecule has 156 valence electrons. The largest absolute Gasteiger partial charge is 0.490 e. The van der Waals surface area contributed by atoms with Crippen LogP contribution in [0.25, 0.3) is 16.6 Å². The van der Waals surface area contributed by atoms with Crippen molar-refractivity contribution in [2.75, 3.05) is 6.67 Å². The lowest BCUT2D eigenvalue weighted by atomic mass is 9.79. The predicted molar refractivity (Wildman–Crippen MR) is 105 cm³/mol. The Bertz CT molecular complexity index is 961. The Morgan fingerprint density at radius 1 is 1.14 bits per heavy atom. The lowest BCUT2D eigenvalue weighted by molar-refractivity contribution is -0.137. The van der Waals surface area contributed by atoms with Crippen molar-refractivity contribution in [1.29, 1.82) is 0 Å². The number of imidazole rings is 1. The van der Waals surface area contributed by atoms with Gasteiger partial charge in [-0.25, -0.2) is 9.37 Å². The van der Waals surface area contributed by atoms with Crippen LogP contribution < -0.4 is 0 Å². The summed E-state index contributed by atoms with van der Waals surface area (Å²) in [6, 6.07) is 3.18. The van der Waals surface area contributed by atoms with E-state index in [1.165, 1.54) is 12.1 Å². The molecule has 1 aromatic carbocycles. The van der Waals surface area contributed by atoms with Gasteiger partial charge in [-0.2, -0.15) is 13.2 Å². The molecule has 1 aliphatic rings. The molecule has 1 N–H and O–H groups in total. The maximum absolute atomic E-state index is 13.6. The average Bonchev–Trinajstić information content (AvgIpc) is 3.11. The van der Waals surface area contributed by atoms with Gasteiger partial charge >= 0.3 is 13.3 Å². The van der Waals surface area contributed by atoms with Crippen LogP contribution in [0.4, 0.5) is 17.6 Å². The summed E-state index contributed by atoms with van der Waals surface area (Å²) in [5.74, 6) is 0.180. The van der Waals surface area contributed by atoms with Crippen molar-refractivity contribution in [3.63, 3.8) is 0 Å². The van der Waals surface area contributed by atoms with E-state index in [-0.39, 0.29) is 16.9 Å². The summed E-state index contributed by atoms with van der Waals surface area (Å²) in [7, 11) is -0.567. The lowest BCUT2D eigenvalue weighted by Gasteiger charge is -2.32. The van der Waals surface area contributed by atoms with Crippen molar-refractivity contribution in [2.24, 2.45) is 0 Å². The molecule has 0 aliphatic carbocycles. The zero-order chi connectivity index (χ0) is 21.6. The Labute approximate surface area is 167 Å². The van der Waals surface area contributed by atoms with Crippen LogP contribution in [0.15, 0.2) is 35.8 Å². The normalized spacial score (nSPS) is 20.0. The number of halogens is 4. The van der Waals surface area contributed by atoms with Crippen LogP contribution in [0.1, 0.15) is 46.0 Å². The number of nitrogens with one attached hydrogen (secondary N) is 1. The second-order valence-corrected chi connectivity index (χ2v) is 8.14. The van der Waals surface area contributed by atoms with Crippen molar-refractivity contribution in [1.82, 2.24) is 9.97 Å². The second-order valence-electron chi connectivity index (χ2n) is 8.14. The summed E-state index contributed by atoms with van der Waals surface area (Å²) >= 11 is 0. The molecule has 4 nitrogen and oxygen atoms in total. The van der Waals surface area contributed by atoms with Crippen LogP contribution in [-0.4, -0.2) is 35.0 Å². The first kappa shape index (κ1) is 21.6. The highest BCUT2D eigenvalue weighted by Crippen LogP contribution is 2.38. The Morgan fingerprint density at radius 2 is 1.76 bits per heavy atom. The molecule has 0 atom stereocenters. The van der Waals surface area contributed by atoms with Gasteiger partial charge in [0.25, 0.3) is 0 Å². The van der Waals surface area contributed by atoms with E-state index in [4.69, 9.17) is 9.31 Å². The predicted octanol–water partition coefficient (Wildman–Crippen LogP) is 5.51. The number of nitrogens with zero attached hydrogens (tertiary/aromatic N) is 1. The number of rotatable bonds is 4. The third-order valence-corrected chi connectivity index (χ3v) is 5.43. The summed E-state index contributed by atoms with van der Waals surface area (Å²) in [6.45, 7) is 8.72. The monoisotopic (exact) mass is 410 g/mol. The number of hydrogen-bond acceptors (Lipinski definition) is 3. The molecule has 3 rings (SSSR count). The number of H-pyrrole nitrogens is 1. The van der Waals surface area contributed by atoms with E-state index in [0.29, 0.717) is 5.52 Å². The van der Waals surface area contributed by atoms with Gasteiger partial charge in [-0.15, -0.1) is 0 Å². The molecule has 0 bridgehead atoms. The van der Waals surface area contributed by atoms with Crippen LogP contribution >= 0.6 is 0 Å². The van der Waals surface area contributed by atoms with Crippen LogP contribution in [-0.2, 0) is 15.5 Å². The molecule has 0 amide bonds. The van der Waals surface area contributed by atoms with E-state index in [1.807, 2.05) is 34.6 Å². The molecule has 0 spiro atoms. The van der Waals surface area contributed by atoms with E-state index >= 15 is 0 Å². The number of fused-ring (bicyclic) bond motifs is 1. The zero-order valence-electron chi connectivity index (χ0n) is 16.9. The van der Waals surface area contributed by atoms with Crippen molar-refractivity contribution >= 4 is 23.7 Å². The van der Waals surface area contributed by atoms with Crippen molar-refractivity contribution < 1.29 is 26.9 Å². The molecular formula is C20H23BF4N2O2. The third kappa shape index (κ3) is 4.26. The number of benzene rings is 1. The molecule has 9 heteroatoms. The van der Waals surface area contributed by atoms with Gasteiger partial charge in [0.15, 0.2) is 0 Å². The summed E-state index contributed by atoms with van der Waals surface area (Å²) < 4.78 is 64.1. The molecule has 0 unspecified atom stereocenters. The van der Waals surface area contributed by atoms with Crippen LogP contribution in [0, 0.1) is 0 Å². The van der Waals surface area contributed by atoms with E-state index in [2.05, 4.69) is 9.97 Å². The maximum atomic E-state index is 13.6. The van der Waals surface area contributed by atoms with Gasteiger partial charge in [-0.1, -0.05) is 12.2 Å². The SMILES string of the molecule is C/C(=C\C=C(/CF)c1nc2ccc(C(F)(F)F)cc2[nH]1)B1OC(C)(C)C(C)(C)O1. The Hall–Kier alpha value is -2.13. The molecule has 0 radical (unpaired) electrons. The van der Waals surface area contributed by atoms with E-state index in [0.717, 1.165) is 17.6 Å². The summed E-state index contributed by atoms with van der Waals surface area (Å²) in [5.41, 5.74) is -0.291. The van der Waals surface area contributed by atoms with E-state index < -0.39 is 36.7 Å². The first-order valence-electron chi connectivity index (χ1n) is 9.20. The van der Waals surface area contributed by atoms with Gasteiger partial charge in [-0.05, 0) is 58.3 Å². The summed E-state index contributed by atoms with van der Waals surface area (Å²) in [4.78, 5) is 6.97. The highest BCUT2D eigenvalue weighted by molar-refractivity contribution is 6.54. The van der Waals surface area contributed by atoms with Crippen molar-refractivity contribution in [3.05, 3.63) is 47.2 Å². The second kappa shape index (κ2) is 7.29.